The molecule has 3 nitrogen and oxygen atoms in total. The zero-order chi connectivity index (χ0) is 13.2. The molecule has 2 aliphatic rings. The lowest BCUT2D eigenvalue weighted by molar-refractivity contribution is 0.243. The van der Waals surface area contributed by atoms with Crippen LogP contribution < -0.4 is 5.32 Å². The zero-order valence-electron chi connectivity index (χ0n) is 11.2. The Labute approximate surface area is 123 Å². The van der Waals surface area contributed by atoms with Crippen LogP contribution in [-0.2, 0) is 19.3 Å². The van der Waals surface area contributed by atoms with Crippen LogP contribution in [0.1, 0.15) is 23.1 Å². The van der Waals surface area contributed by atoms with Crippen molar-refractivity contribution < 1.29 is 5.11 Å². The standard InChI is InChI=1S/C15H21BrN2O/c16-14-13-3-1-2-11(13)10-12(15(14)19)4-7-18-8-5-17-6-9-18/h10,17,19H,1-9H2. The number of nitrogens with zero attached hydrogens (tertiary/aromatic N) is 1. The molecule has 1 saturated heterocycles. The molecule has 1 fully saturated rings. The van der Waals surface area contributed by atoms with E-state index < -0.39 is 0 Å². The Bertz CT molecular complexity index is 470. The molecule has 1 aromatic carbocycles. The maximum Gasteiger partial charge on any atom is 0.133 e. The molecule has 104 valence electrons. The van der Waals surface area contributed by atoms with Crippen molar-refractivity contribution in [3.8, 4) is 5.75 Å². The van der Waals surface area contributed by atoms with E-state index in [1.165, 1.54) is 17.5 Å². The van der Waals surface area contributed by atoms with Gasteiger partial charge in [-0.3, -0.25) is 0 Å². The molecule has 0 unspecified atom stereocenters. The summed E-state index contributed by atoms with van der Waals surface area (Å²) in [6, 6.07) is 2.23. The van der Waals surface area contributed by atoms with Gasteiger partial charge in [0.25, 0.3) is 0 Å². The SMILES string of the molecule is Oc1c(CCN2CCNCC2)cc2c(c1Br)CCC2. The maximum atomic E-state index is 10.3. The van der Waals surface area contributed by atoms with Gasteiger partial charge in [0.05, 0.1) is 4.47 Å². The van der Waals surface area contributed by atoms with Crippen LogP contribution in [0.15, 0.2) is 10.5 Å². The van der Waals surface area contributed by atoms with Crippen molar-refractivity contribution in [1.82, 2.24) is 10.2 Å². The molecule has 0 radical (unpaired) electrons. The molecule has 1 aliphatic carbocycles. The highest BCUT2D eigenvalue weighted by Gasteiger charge is 2.20. The van der Waals surface area contributed by atoms with Crippen LogP contribution >= 0.6 is 15.9 Å². The Kier molecular flexibility index (Phi) is 4.10. The van der Waals surface area contributed by atoms with Gasteiger partial charge in [0.2, 0.25) is 0 Å². The highest BCUT2D eigenvalue weighted by molar-refractivity contribution is 9.10. The fourth-order valence-corrected chi connectivity index (χ4v) is 3.85. The number of hydrogen-bond donors (Lipinski definition) is 2. The lowest BCUT2D eigenvalue weighted by Gasteiger charge is -2.27. The van der Waals surface area contributed by atoms with E-state index in [2.05, 4.69) is 32.2 Å². The second-order valence-electron chi connectivity index (χ2n) is 5.53. The molecule has 1 heterocycles. The molecule has 0 aromatic heterocycles. The Morgan fingerprint density at radius 1 is 1.26 bits per heavy atom. The van der Waals surface area contributed by atoms with Crippen LogP contribution in [0.4, 0.5) is 0 Å². The van der Waals surface area contributed by atoms with Gasteiger partial charge in [0, 0.05) is 32.7 Å². The molecule has 3 rings (SSSR count). The molecule has 2 N–H and O–H groups in total. The van der Waals surface area contributed by atoms with Gasteiger partial charge in [0.1, 0.15) is 5.75 Å². The van der Waals surface area contributed by atoms with E-state index in [1.807, 2.05) is 0 Å². The number of fused-ring (bicyclic) bond motifs is 1. The van der Waals surface area contributed by atoms with Gasteiger partial charge in [-0.2, -0.15) is 0 Å². The van der Waals surface area contributed by atoms with Crippen molar-refractivity contribution in [2.45, 2.75) is 25.7 Å². The molecule has 19 heavy (non-hydrogen) atoms. The van der Waals surface area contributed by atoms with Crippen LogP contribution in [-0.4, -0.2) is 42.7 Å². The largest absolute Gasteiger partial charge is 0.506 e. The summed E-state index contributed by atoms with van der Waals surface area (Å²) >= 11 is 3.57. The van der Waals surface area contributed by atoms with Crippen LogP contribution in [0.25, 0.3) is 0 Å². The second-order valence-corrected chi connectivity index (χ2v) is 6.32. The topological polar surface area (TPSA) is 35.5 Å². The molecule has 0 saturated carbocycles. The van der Waals surface area contributed by atoms with Crippen molar-refractivity contribution >= 4 is 15.9 Å². The minimum absolute atomic E-state index is 0.468. The predicted molar refractivity (Wildman–Crippen MR) is 80.8 cm³/mol. The van der Waals surface area contributed by atoms with E-state index in [4.69, 9.17) is 0 Å². The van der Waals surface area contributed by atoms with Crippen molar-refractivity contribution in [3.63, 3.8) is 0 Å². The normalized spacial score (nSPS) is 19.6. The van der Waals surface area contributed by atoms with Crippen LogP contribution in [0.3, 0.4) is 0 Å². The Hall–Kier alpha value is -0.580. The molecule has 0 amide bonds. The molecule has 1 aromatic rings. The zero-order valence-corrected chi connectivity index (χ0v) is 12.8. The van der Waals surface area contributed by atoms with Crippen LogP contribution in [0.5, 0.6) is 5.75 Å². The quantitative estimate of drug-likeness (QED) is 0.893. The maximum absolute atomic E-state index is 10.3. The summed E-state index contributed by atoms with van der Waals surface area (Å²) < 4.78 is 0.942. The first-order valence-corrected chi connectivity index (χ1v) is 8.00. The average Bonchev–Trinajstić information content (AvgIpc) is 2.91. The molecule has 4 heteroatoms. The summed E-state index contributed by atoms with van der Waals surface area (Å²) in [5, 5.41) is 13.7. The van der Waals surface area contributed by atoms with Crippen LogP contribution in [0.2, 0.25) is 0 Å². The molecular weight excluding hydrogens is 304 g/mol. The Morgan fingerprint density at radius 3 is 2.84 bits per heavy atom. The minimum atomic E-state index is 0.468. The fourth-order valence-electron chi connectivity index (χ4n) is 3.14. The number of hydrogen-bond acceptors (Lipinski definition) is 3. The van der Waals surface area contributed by atoms with E-state index in [0.717, 1.165) is 62.0 Å². The molecule has 0 atom stereocenters. The Morgan fingerprint density at radius 2 is 2.05 bits per heavy atom. The molecule has 1 aliphatic heterocycles. The third-order valence-electron chi connectivity index (χ3n) is 4.29. The minimum Gasteiger partial charge on any atom is -0.506 e. The van der Waals surface area contributed by atoms with Gasteiger partial charge in [0.15, 0.2) is 0 Å². The van der Waals surface area contributed by atoms with Gasteiger partial charge in [-0.05, 0) is 58.3 Å². The number of nitrogens with one attached hydrogen (secondary N) is 1. The third kappa shape index (κ3) is 2.81. The summed E-state index contributed by atoms with van der Waals surface area (Å²) in [7, 11) is 0. The van der Waals surface area contributed by atoms with Gasteiger partial charge in [-0.25, -0.2) is 0 Å². The number of phenols is 1. The summed E-state index contributed by atoms with van der Waals surface area (Å²) in [6.45, 7) is 5.44. The number of aromatic hydroxyl groups is 1. The summed E-state index contributed by atoms with van der Waals surface area (Å²) in [4.78, 5) is 2.47. The van der Waals surface area contributed by atoms with E-state index in [-0.39, 0.29) is 0 Å². The average molecular weight is 325 g/mol. The van der Waals surface area contributed by atoms with Gasteiger partial charge >= 0.3 is 0 Å². The first kappa shape index (κ1) is 13.4. The summed E-state index contributed by atoms with van der Waals surface area (Å²) in [6.07, 6.45) is 4.42. The number of halogens is 1. The van der Waals surface area contributed by atoms with Crippen LogP contribution in [0, 0.1) is 0 Å². The van der Waals surface area contributed by atoms with E-state index in [9.17, 15) is 5.11 Å². The van der Waals surface area contributed by atoms with Crippen molar-refractivity contribution in [2.75, 3.05) is 32.7 Å². The summed E-state index contributed by atoms with van der Waals surface area (Å²) in [5.41, 5.74) is 3.86. The molecular formula is C15H21BrN2O. The van der Waals surface area contributed by atoms with E-state index >= 15 is 0 Å². The lowest BCUT2D eigenvalue weighted by atomic mass is 10.0. The predicted octanol–water partition coefficient (Wildman–Crippen LogP) is 2.09. The van der Waals surface area contributed by atoms with Gasteiger partial charge in [-0.1, -0.05) is 6.07 Å². The first-order chi connectivity index (χ1) is 9.25. The highest BCUT2D eigenvalue weighted by atomic mass is 79.9. The Balaban J connectivity index is 1.72. The van der Waals surface area contributed by atoms with Gasteiger partial charge < -0.3 is 15.3 Å². The van der Waals surface area contributed by atoms with Crippen molar-refractivity contribution in [1.29, 1.82) is 0 Å². The number of piperazine rings is 1. The number of benzene rings is 1. The van der Waals surface area contributed by atoms with E-state index in [1.54, 1.807) is 0 Å². The number of phenolic OH excluding ortho intramolecular Hbond substituents is 1. The van der Waals surface area contributed by atoms with Crippen molar-refractivity contribution in [2.24, 2.45) is 0 Å². The third-order valence-corrected chi connectivity index (χ3v) is 5.15. The molecule has 0 bridgehead atoms. The van der Waals surface area contributed by atoms with Gasteiger partial charge in [-0.15, -0.1) is 0 Å². The number of rotatable bonds is 3. The molecule has 0 spiro atoms. The van der Waals surface area contributed by atoms with E-state index in [0.29, 0.717) is 5.75 Å². The second kappa shape index (κ2) is 5.81. The number of aryl methyl sites for hydroxylation is 1. The highest BCUT2D eigenvalue weighted by Crippen LogP contribution is 2.38. The first-order valence-electron chi connectivity index (χ1n) is 7.21. The smallest absolute Gasteiger partial charge is 0.133 e. The lowest BCUT2D eigenvalue weighted by Crippen LogP contribution is -2.44. The fraction of sp³-hybridized carbons (Fsp3) is 0.600. The van der Waals surface area contributed by atoms with Crippen molar-refractivity contribution in [3.05, 3.63) is 27.2 Å². The monoisotopic (exact) mass is 324 g/mol. The summed E-state index contributed by atoms with van der Waals surface area (Å²) in [5.74, 6) is 0.468.